The van der Waals surface area contributed by atoms with Gasteiger partial charge in [-0.25, -0.2) is 4.98 Å². The van der Waals surface area contributed by atoms with E-state index >= 15 is 0 Å². The van der Waals surface area contributed by atoms with E-state index in [0.29, 0.717) is 5.95 Å². The Morgan fingerprint density at radius 3 is 3.00 bits per heavy atom. The molecule has 0 saturated carbocycles. The van der Waals surface area contributed by atoms with Crippen LogP contribution in [-0.2, 0) is 0 Å². The second kappa shape index (κ2) is 3.77. The van der Waals surface area contributed by atoms with Crippen LogP contribution < -0.4 is 5.73 Å². The van der Waals surface area contributed by atoms with Gasteiger partial charge in [-0.2, -0.15) is 0 Å². The van der Waals surface area contributed by atoms with Crippen LogP contribution in [0.3, 0.4) is 0 Å². The lowest BCUT2D eigenvalue weighted by molar-refractivity contribution is 1.23. The standard InChI is InChI=1S/C12H15N3/c1-3-4-5-9-7-11-10(6-8(9)2)14-12(13)15-11/h4-7H,3H2,1-2H3,(H3,13,14,15)/b5-4+. The number of benzene rings is 1. The van der Waals surface area contributed by atoms with E-state index < -0.39 is 0 Å². The number of anilines is 1. The quantitative estimate of drug-likeness (QED) is 0.785. The van der Waals surface area contributed by atoms with Crippen LogP contribution in [0.25, 0.3) is 17.1 Å². The minimum Gasteiger partial charge on any atom is -0.369 e. The maximum atomic E-state index is 5.61. The van der Waals surface area contributed by atoms with Crippen molar-refractivity contribution in [2.45, 2.75) is 20.3 Å². The molecule has 0 aliphatic carbocycles. The average Bonchev–Trinajstić information content (AvgIpc) is 2.53. The van der Waals surface area contributed by atoms with Crippen molar-refractivity contribution in [3.8, 4) is 0 Å². The molecule has 3 heteroatoms. The molecule has 3 N–H and O–H groups in total. The van der Waals surface area contributed by atoms with Crippen molar-refractivity contribution in [2.75, 3.05) is 5.73 Å². The van der Waals surface area contributed by atoms with Crippen molar-refractivity contribution in [1.29, 1.82) is 0 Å². The number of aryl methyl sites for hydroxylation is 1. The SMILES string of the molecule is CC/C=C/c1cc2nc(N)[nH]c2cc1C. The Labute approximate surface area is 89.0 Å². The van der Waals surface area contributed by atoms with Gasteiger partial charge in [0.2, 0.25) is 0 Å². The van der Waals surface area contributed by atoms with E-state index in [0.717, 1.165) is 17.5 Å². The summed E-state index contributed by atoms with van der Waals surface area (Å²) in [5.41, 5.74) is 9.97. The molecule has 0 aliphatic rings. The Hall–Kier alpha value is -1.77. The summed E-state index contributed by atoms with van der Waals surface area (Å²) in [4.78, 5) is 7.24. The smallest absolute Gasteiger partial charge is 0.198 e. The predicted octanol–water partition coefficient (Wildman–Crippen LogP) is 2.88. The van der Waals surface area contributed by atoms with E-state index in [9.17, 15) is 0 Å². The van der Waals surface area contributed by atoms with Gasteiger partial charge in [0, 0.05) is 0 Å². The summed E-state index contributed by atoms with van der Waals surface area (Å²) < 4.78 is 0. The van der Waals surface area contributed by atoms with E-state index in [1.165, 1.54) is 11.1 Å². The molecule has 0 aliphatic heterocycles. The van der Waals surface area contributed by atoms with Crippen molar-refractivity contribution >= 4 is 23.1 Å². The molecule has 0 spiro atoms. The third-order valence-corrected chi connectivity index (χ3v) is 2.42. The summed E-state index contributed by atoms with van der Waals surface area (Å²) in [6.07, 6.45) is 5.31. The molecule has 0 fully saturated rings. The third kappa shape index (κ3) is 1.86. The number of fused-ring (bicyclic) bond motifs is 1. The van der Waals surface area contributed by atoms with E-state index in [2.05, 4.69) is 48.1 Å². The third-order valence-electron chi connectivity index (χ3n) is 2.42. The van der Waals surface area contributed by atoms with Crippen molar-refractivity contribution in [3.05, 3.63) is 29.3 Å². The second-order valence-electron chi connectivity index (χ2n) is 3.66. The summed E-state index contributed by atoms with van der Waals surface area (Å²) in [5.74, 6) is 0.473. The fourth-order valence-corrected chi connectivity index (χ4v) is 1.63. The minimum absolute atomic E-state index is 0.473. The Kier molecular flexibility index (Phi) is 2.46. The number of nitrogens with one attached hydrogen (secondary N) is 1. The largest absolute Gasteiger partial charge is 0.369 e. The number of H-pyrrole nitrogens is 1. The Morgan fingerprint density at radius 2 is 2.27 bits per heavy atom. The molecule has 3 nitrogen and oxygen atoms in total. The molecule has 0 saturated heterocycles. The monoisotopic (exact) mass is 201 g/mol. The molecule has 0 amide bonds. The molecule has 2 rings (SSSR count). The number of aromatic amines is 1. The molecule has 2 aromatic rings. The van der Waals surface area contributed by atoms with E-state index in [-0.39, 0.29) is 0 Å². The van der Waals surface area contributed by atoms with Gasteiger partial charge in [-0.3, -0.25) is 0 Å². The predicted molar refractivity (Wildman–Crippen MR) is 64.6 cm³/mol. The molecular formula is C12H15N3. The summed E-state index contributed by atoms with van der Waals surface area (Å²) in [5, 5.41) is 0. The zero-order valence-electron chi connectivity index (χ0n) is 9.04. The molecule has 0 atom stereocenters. The van der Waals surface area contributed by atoms with Crippen molar-refractivity contribution in [2.24, 2.45) is 0 Å². The van der Waals surface area contributed by atoms with Crippen LogP contribution in [0.1, 0.15) is 24.5 Å². The molecule has 0 unspecified atom stereocenters. The summed E-state index contributed by atoms with van der Waals surface area (Å²) in [6, 6.07) is 4.14. The maximum absolute atomic E-state index is 5.61. The van der Waals surface area contributed by atoms with Crippen LogP contribution in [0.2, 0.25) is 0 Å². The molecular weight excluding hydrogens is 186 g/mol. The van der Waals surface area contributed by atoms with Gasteiger partial charge < -0.3 is 10.7 Å². The van der Waals surface area contributed by atoms with Crippen LogP contribution >= 0.6 is 0 Å². The van der Waals surface area contributed by atoms with Gasteiger partial charge in [0.25, 0.3) is 0 Å². The van der Waals surface area contributed by atoms with Crippen molar-refractivity contribution < 1.29 is 0 Å². The van der Waals surface area contributed by atoms with E-state index in [4.69, 9.17) is 5.73 Å². The first-order valence-electron chi connectivity index (χ1n) is 5.13. The molecule has 0 radical (unpaired) electrons. The Bertz CT molecular complexity index is 509. The van der Waals surface area contributed by atoms with Gasteiger partial charge in [-0.15, -0.1) is 0 Å². The highest BCUT2D eigenvalue weighted by Crippen LogP contribution is 2.19. The van der Waals surface area contributed by atoms with Crippen LogP contribution in [-0.4, -0.2) is 9.97 Å². The summed E-state index contributed by atoms with van der Waals surface area (Å²) >= 11 is 0. The highest BCUT2D eigenvalue weighted by molar-refractivity contribution is 5.81. The van der Waals surface area contributed by atoms with Crippen LogP contribution in [0.5, 0.6) is 0 Å². The lowest BCUT2D eigenvalue weighted by atomic mass is 10.1. The average molecular weight is 201 g/mol. The molecule has 1 heterocycles. The fraction of sp³-hybridized carbons (Fsp3) is 0.250. The van der Waals surface area contributed by atoms with Crippen LogP contribution in [0.4, 0.5) is 5.95 Å². The lowest BCUT2D eigenvalue weighted by Crippen LogP contribution is -1.84. The number of aromatic nitrogens is 2. The summed E-state index contributed by atoms with van der Waals surface area (Å²) in [7, 11) is 0. The normalized spacial score (nSPS) is 11.6. The summed E-state index contributed by atoms with van der Waals surface area (Å²) in [6.45, 7) is 4.21. The van der Waals surface area contributed by atoms with Gasteiger partial charge in [-0.05, 0) is 36.6 Å². The molecule has 0 bridgehead atoms. The molecule has 1 aromatic heterocycles. The number of rotatable bonds is 2. The first kappa shape index (κ1) is 9.77. The fourth-order valence-electron chi connectivity index (χ4n) is 1.63. The first-order valence-corrected chi connectivity index (χ1v) is 5.13. The first-order chi connectivity index (χ1) is 7.20. The van der Waals surface area contributed by atoms with E-state index in [1.807, 2.05) is 0 Å². The molecule has 78 valence electrons. The molecule has 1 aromatic carbocycles. The zero-order valence-corrected chi connectivity index (χ0v) is 9.04. The number of nitrogen functional groups attached to an aromatic ring is 1. The van der Waals surface area contributed by atoms with Gasteiger partial charge in [0.1, 0.15) is 0 Å². The molecule has 15 heavy (non-hydrogen) atoms. The number of imidazole rings is 1. The Morgan fingerprint density at radius 1 is 1.47 bits per heavy atom. The number of allylic oxidation sites excluding steroid dienone is 1. The highest BCUT2D eigenvalue weighted by atomic mass is 15.0. The number of hydrogen-bond donors (Lipinski definition) is 2. The van der Waals surface area contributed by atoms with Crippen molar-refractivity contribution in [3.63, 3.8) is 0 Å². The van der Waals surface area contributed by atoms with Gasteiger partial charge in [0.15, 0.2) is 5.95 Å². The zero-order chi connectivity index (χ0) is 10.8. The van der Waals surface area contributed by atoms with Crippen LogP contribution in [0, 0.1) is 6.92 Å². The topological polar surface area (TPSA) is 54.7 Å². The maximum Gasteiger partial charge on any atom is 0.198 e. The van der Waals surface area contributed by atoms with Crippen LogP contribution in [0.15, 0.2) is 18.2 Å². The minimum atomic E-state index is 0.473. The highest BCUT2D eigenvalue weighted by Gasteiger charge is 2.02. The van der Waals surface area contributed by atoms with Gasteiger partial charge in [0.05, 0.1) is 11.0 Å². The number of nitrogens with two attached hydrogens (primary N) is 1. The lowest BCUT2D eigenvalue weighted by Gasteiger charge is -1.99. The second-order valence-corrected chi connectivity index (χ2v) is 3.66. The van der Waals surface area contributed by atoms with Gasteiger partial charge >= 0.3 is 0 Å². The number of hydrogen-bond acceptors (Lipinski definition) is 2. The van der Waals surface area contributed by atoms with E-state index in [1.54, 1.807) is 0 Å². The number of nitrogens with zero attached hydrogens (tertiary/aromatic N) is 1. The van der Waals surface area contributed by atoms with Gasteiger partial charge in [-0.1, -0.05) is 19.1 Å². The Balaban J connectivity index is 2.56. The van der Waals surface area contributed by atoms with Crippen molar-refractivity contribution in [1.82, 2.24) is 9.97 Å².